The molecule has 0 fully saturated rings. The van der Waals surface area contributed by atoms with Crippen LogP contribution in [0.5, 0.6) is 0 Å². The van der Waals surface area contributed by atoms with E-state index in [4.69, 9.17) is 17.3 Å². The van der Waals surface area contributed by atoms with Crippen molar-refractivity contribution in [1.29, 1.82) is 0 Å². The van der Waals surface area contributed by atoms with Crippen LogP contribution >= 0.6 is 12.2 Å². The van der Waals surface area contributed by atoms with Gasteiger partial charge < -0.3 is 15.8 Å². The van der Waals surface area contributed by atoms with Crippen molar-refractivity contribution in [3.05, 3.63) is 0 Å². The molecule has 26 heavy (non-hydrogen) atoms. The molecule has 2 heterocycles. The van der Waals surface area contributed by atoms with Crippen LogP contribution in [0.3, 0.4) is 0 Å². The summed E-state index contributed by atoms with van der Waals surface area (Å²) in [7, 11) is 0. The molecule has 0 unspecified atom stereocenters. The minimum absolute atomic E-state index is 0.250. The summed E-state index contributed by atoms with van der Waals surface area (Å²) in [5, 5.41) is 21.7. The molecule has 2 rings (SSSR count). The third-order valence-corrected chi connectivity index (χ3v) is 3.76. The van der Waals surface area contributed by atoms with Gasteiger partial charge in [-0.2, -0.15) is 10.2 Å². The molecule has 2 aliphatic heterocycles. The maximum Gasteiger partial charge on any atom is 0.189 e. The Bertz CT molecular complexity index is 429. The number of hydrogen-bond acceptors (Lipinski definition) is 7. The lowest BCUT2D eigenvalue weighted by atomic mass is 10.2. The third-order valence-electron chi connectivity index (χ3n) is 3.14. The van der Waals surface area contributed by atoms with Crippen molar-refractivity contribution in [2.24, 2.45) is 14.6 Å². The van der Waals surface area contributed by atoms with E-state index in [2.05, 4.69) is 51.6 Å². The van der Waals surface area contributed by atoms with Crippen molar-refractivity contribution >= 4 is 41.2 Å². The van der Waals surface area contributed by atoms with Crippen LogP contribution < -0.4 is 10.7 Å². The van der Waals surface area contributed by atoms with Crippen LogP contribution in [0.4, 0.5) is 0 Å². The molecule has 0 aliphatic carbocycles. The van der Waals surface area contributed by atoms with Crippen molar-refractivity contribution in [2.75, 3.05) is 32.8 Å². The number of aliphatic hydroxyl groups excluding tert-OH is 1. The highest BCUT2D eigenvalue weighted by Crippen LogP contribution is 2.08. The molecule has 0 bridgehead atoms. The van der Waals surface area contributed by atoms with Crippen LogP contribution in [0.2, 0.25) is 0 Å². The van der Waals surface area contributed by atoms with Crippen molar-refractivity contribution in [1.82, 2.24) is 15.8 Å². The Morgan fingerprint density at radius 1 is 1.19 bits per heavy atom. The van der Waals surface area contributed by atoms with E-state index >= 15 is 0 Å². The fourth-order valence-electron chi connectivity index (χ4n) is 1.82. The van der Waals surface area contributed by atoms with Gasteiger partial charge in [0.25, 0.3) is 0 Å². The molecule has 9 heteroatoms. The molecule has 0 amide bonds. The summed E-state index contributed by atoms with van der Waals surface area (Å²) < 4.78 is 3.32. The maximum absolute atomic E-state index is 7.57. The average Bonchev–Trinajstić information content (AvgIpc) is 3.34. The van der Waals surface area contributed by atoms with Crippen molar-refractivity contribution in [3.63, 3.8) is 0 Å². The van der Waals surface area contributed by atoms with Gasteiger partial charge in [0.1, 0.15) is 0 Å². The minimum Gasteiger partial charge on any atom is -0.397 e. The summed E-state index contributed by atoms with van der Waals surface area (Å²) in [6, 6.07) is 0. The molecule has 0 saturated carbocycles. The fraction of sp³-hybridized carbons (Fsp3) is 0.824. The maximum atomic E-state index is 7.57. The van der Waals surface area contributed by atoms with Crippen molar-refractivity contribution in [3.8, 4) is 0 Å². The van der Waals surface area contributed by atoms with Gasteiger partial charge in [-0.1, -0.05) is 13.8 Å². The molecular formula is C17H36N6OS2. The quantitative estimate of drug-likeness (QED) is 0.625. The molecule has 3 N–H and O–H groups in total. The van der Waals surface area contributed by atoms with E-state index in [0.717, 1.165) is 57.0 Å². The van der Waals surface area contributed by atoms with E-state index in [0.29, 0.717) is 0 Å². The summed E-state index contributed by atoms with van der Waals surface area (Å²) in [5.41, 5.74) is 5.46. The third kappa shape index (κ3) is 15.1. The summed E-state index contributed by atoms with van der Waals surface area (Å²) in [6.45, 7) is 13.7. The number of hydrazone groups is 2. The van der Waals surface area contributed by atoms with Gasteiger partial charge in [0.2, 0.25) is 0 Å². The minimum atomic E-state index is 0.250. The van der Waals surface area contributed by atoms with Gasteiger partial charge in [0.15, 0.2) is 5.11 Å². The second-order valence-corrected chi connectivity index (χ2v) is 5.82. The molecular weight excluding hydrogens is 368 g/mol. The Hall–Kier alpha value is -1.19. The zero-order valence-electron chi connectivity index (χ0n) is 16.9. The van der Waals surface area contributed by atoms with Gasteiger partial charge in [-0.05, 0) is 45.8 Å². The molecule has 0 saturated heterocycles. The zero-order chi connectivity index (χ0) is 20.2. The van der Waals surface area contributed by atoms with Crippen LogP contribution in [0, 0.1) is 0 Å². The number of hydrogen-bond donors (Lipinski definition) is 3. The molecule has 0 aromatic heterocycles. The normalized spacial score (nSPS) is 14.2. The first-order valence-electron chi connectivity index (χ1n) is 9.34. The van der Waals surface area contributed by atoms with Crippen LogP contribution in [0.25, 0.3) is 0 Å². The first kappa shape index (κ1) is 27.0. The SMILES string of the molecule is CCC1=NNCC1.CCN=S.CCNC(=S)N1CCC(CC)=N1.CCO. The van der Waals surface area contributed by atoms with E-state index in [1.165, 1.54) is 11.4 Å². The van der Waals surface area contributed by atoms with Crippen LogP contribution in [0.15, 0.2) is 14.6 Å². The monoisotopic (exact) mass is 404 g/mol. The van der Waals surface area contributed by atoms with E-state index in [1.54, 1.807) is 6.92 Å². The molecule has 7 nitrogen and oxygen atoms in total. The average molecular weight is 405 g/mol. The summed E-state index contributed by atoms with van der Waals surface area (Å²) in [5.74, 6) is 0. The summed E-state index contributed by atoms with van der Waals surface area (Å²) >= 11 is 9.30. The highest BCUT2D eigenvalue weighted by Gasteiger charge is 2.15. The van der Waals surface area contributed by atoms with Gasteiger partial charge in [-0.25, -0.2) is 9.37 Å². The Morgan fingerprint density at radius 3 is 2.08 bits per heavy atom. The number of aliphatic hydroxyl groups is 1. The van der Waals surface area contributed by atoms with Crippen LogP contribution in [-0.4, -0.2) is 59.4 Å². The zero-order valence-corrected chi connectivity index (χ0v) is 18.5. The Balaban J connectivity index is 0. The predicted octanol–water partition coefficient (Wildman–Crippen LogP) is 2.83. The van der Waals surface area contributed by atoms with E-state index < -0.39 is 0 Å². The Morgan fingerprint density at radius 2 is 1.77 bits per heavy atom. The molecule has 0 aromatic rings. The smallest absolute Gasteiger partial charge is 0.189 e. The molecule has 0 spiro atoms. The number of nitrogens with one attached hydrogen (secondary N) is 2. The van der Waals surface area contributed by atoms with Crippen LogP contribution in [0.1, 0.15) is 60.3 Å². The molecule has 152 valence electrons. The van der Waals surface area contributed by atoms with Crippen molar-refractivity contribution < 1.29 is 5.11 Å². The lowest BCUT2D eigenvalue weighted by molar-refractivity contribution is 0.318. The topological polar surface area (TPSA) is 84.6 Å². The fourth-order valence-corrected chi connectivity index (χ4v) is 2.10. The van der Waals surface area contributed by atoms with Gasteiger partial charge >= 0.3 is 0 Å². The molecule has 0 atom stereocenters. The molecule has 2 aliphatic rings. The van der Waals surface area contributed by atoms with E-state index in [1.807, 2.05) is 18.9 Å². The summed E-state index contributed by atoms with van der Waals surface area (Å²) in [6.07, 6.45) is 4.34. The van der Waals surface area contributed by atoms with Gasteiger partial charge in [-0.3, -0.25) is 0 Å². The standard InChI is InChI=1S/C8H15N3S.C5H10N2.C2H5NS.C2H6O/c1-3-7-5-6-11(10-7)8(12)9-4-2;1-2-5-3-4-6-7-5;1-2-3-4;1-2-3/h3-6H2,1-2H3,(H,9,12);6H,2-4H2,1H3;2H2,1H3;3H,2H2,1H3. The number of thiocarbonyl (C=S) groups is 1. The first-order chi connectivity index (χ1) is 12.5. The molecule has 0 radical (unpaired) electrons. The predicted molar refractivity (Wildman–Crippen MR) is 119 cm³/mol. The Labute approximate surface area is 169 Å². The summed E-state index contributed by atoms with van der Waals surface area (Å²) in [4.78, 5) is 0. The van der Waals surface area contributed by atoms with Crippen LogP contribution in [-0.2, 0) is 12.4 Å². The number of nitrogens with zero attached hydrogens (tertiary/aromatic N) is 4. The van der Waals surface area contributed by atoms with Gasteiger partial charge in [-0.15, -0.1) is 0 Å². The van der Waals surface area contributed by atoms with E-state index in [-0.39, 0.29) is 6.61 Å². The van der Waals surface area contributed by atoms with E-state index in [9.17, 15) is 0 Å². The second-order valence-electron chi connectivity index (χ2n) is 5.18. The van der Waals surface area contributed by atoms with Crippen molar-refractivity contribution in [2.45, 2.75) is 60.3 Å². The lowest BCUT2D eigenvalue weighted by Crippen LogP contribution is -2.34. The second kappa shape index (κ2) is 20.1. The molecule has 0 aromatic carbocycles. The first-order valence-corrected chi connectivity index (χ1v) is 10.1. The highest BCUT2D eigenvalue weighted by molar-refractivity contribution is 7.80. The Kier molecular flexibility index (Phi) is 20.9. The van der Waals surface area contributed by atoms with Gasteiger partial charge in [0.05, 0.1) is 0 Å². The largest absolute Gasteiger partial charge is 0.397 e. The highest BCUT2D eigenvalue weighted by atomic mass is 32.1. The number of rotatable bonds is 4. The van der Waals surface area contributed by atoms with Gasteiger partial charge in [0, 0.05) is 69.5 Å². The lowest BCUT2D eigenvalue weighted by Gasteiger charge is -2.14.